The van der Waals surface area contributed by atoms with Crippen LogP contribution in [0.15, 0.2) is 29.0 Å². The molecule has 3 N–H and O–H groups in total. The van der Waals surface area contributed by atoms with E-state index < -0.39 is 0 Å². The maximum Gasteiger partial charge on any atom is 0.251 e. The molecule has 1 amide bonds. The molecule has 0 unspecified atom stereocenters. The topological polar surface area (TPSA) is 85.8 Å². The molecular formula is C12H14BrN5O. The maximum atomic E-state index is 12.0. The van der Waals surface area contributed by atoms with Crippen molar-refractivity contribution in [2.75, 3.05) is 5.73 Å². The van der Waals surface area contributed by atoms with Crippen LogP contribution in [0.4, 0.5) is 5.69 Å². The number of amides is 1. The Balaban J connectivity index is 2.05. The first-order valence-electron chi connectivity index (χ1n) is 5.81. The third kappa shape index (κ3) is 3.31. The fraction of sp³-hybridized carbons (Fsp3) is 0.250. The van der Waals surface area contributed by atoms with Crippen LogP contribution < -0.4 is 11.1 Å². The molecule has 0 aliphatic carbocycles. The molecule has 0 bridgehead atoms. The highest BCUT2D eigenvalue weighted by molar-refractivity contribution is 9.10. The van der Waals surface area contributed by atoms with E-state index in [1.165, 1.54) is 0 Å². The highest BCUT2D eigenvalue weighted by atomic mass is 79.9. The molecule has 6 nitrogen and oxygen atoms in total. The molecule has 1 aromatic heterocycles. The van der Waals surface area contributed by atoms with Gasteiger partial charge in [-0.15, -0.1) is 10.2 Å². The summed E-state index contributed by atoms with van der Waals surface area (Å²) < 4.78 is 2.64. The summed E-state index contributed by atoms with van der Waals surface area (Å²) in [5.41, 5.74) is 6.74. The molecule has 0 radical (unpaired) electrons. The third-order valence-electron chi connectivity index (χ3n) is 2.63. The molecule has 7 heteroatoms. The first-order valence-corrected chi connectivity index (χ1v) is 6.60. The molecule has 0 aliphatic heterocycles. The molecule has 100 valence electrons. The fourth-order valence-corrected chi connectivity index (χ4v) is 2.20. The molecule has 2 rings (SSSR count). The molecule has 1 aromatic carbocycles. The number of nitrogens with two attached hydrogens (primary N) is 1. The van der Waals surface area contributed by atoms with Crippen molar-refractivity contribution in [3.8, 4) is 0 Å². The summed E-state index contributed by atoms with van der Waals surface area (Å²) >= 11 is 3.31. The van der Waals surface area contributed by atoms with E-state index in [1.807, 2.05) is 11.5 Å². The van der Waals surface area contributed by atoms with Crippen molar-refractivity contribution >= 4 is 27.5 Å². The molecular weight excluding hydrogens is 310 g/mol. The number of aryl methyl sites for hydroxylation is 1. The normalized spacial score (nSPS) is 10.4. The highest BCUT2D eigenvalue weighted by Gasteiger charge is 2.09. The van der Waals surface area contributed by atoms with E-state index in [9.17, 15) is 4.79 Å². The number of benzene rings is 1. The van der Waals surface area contributed by atoms with E-state index in [-0.39, 0.29) is 5.91 Å². The zero-order chi connectivity index (χ0) is 13.8. The average Bonchev–Trinajstić information content (AvgIpc) is 2.82. The van der Waals surface area contributed by atoms with Crippen molar-refractivity contribution in [1.29, 1.82) is 0 Å². The predicted molar refractivity (Wildman–Crippen MR) is 75.4 cm³/mol. The molecule has 1 heterocycles. The number of carbonyl (C=O) groups excluding carboxylic acids is 1. The molecule has 0 spiro atoms. The van der Waals surface area contributed by atoms with E-state index >= 15 is 0 Å². The van der Waals surface area contributed by atoms with Crippen molar-refractivity contribution in [1.82, 2.24) is 20.1 Å². The average molecular weight is 324 g/mol. The van der Waals surface area contributed by atoms with Crippen LogP contribution >= 0.6 is 15.9 Å². The van der Waals surface area contributed by atoms with Gasteiger partial charge in [0.15, 0.2) is 5.82 Å². The van der Waals surface area contributed by atoms with Gasteiger partial charge >= 0.3 is 0 Å². The van der Waals surface area contributed by atoms with Crippen molar-refractivity contribution in [3.05, 3.63) is 40.4 Å². The van der Waals surface area contributed by atoms with Crippen molar-refractivity contribution in [2.24, 2.45) is 0 Å². The summed E-state index contributed by atoms with van der Waals surface area (Å²) in [7, 11) is 0. The van der Waals surface area contributed by atoms with Crippen molar-refractivity contribution in [3.63, 3.8) is 0 Å². The minimum absolute atomic E-state index is 0.196. The Morgan fingerprint density at radius 2 is 2.26 bits per heavy atom. The number of carbonyl (C=O) groups is 1. The number of nitrogens with zero attached hydrogens (tertiary/aromatic N) is 3. The number of nitrogens with one attached hydrogen (secondary N) is 1. The van der Waals surface area contributed by atoms with Gasteiger partial charge in [-0.3, -0.25) is 4.79 Å². The molecule has 0 saturated carbocycles. The van der Waals surface area contributed by atoms with Gasteiger partial charge in [-0.1, -0.05) is 15.9 Å². The fourth-order valence-electron chi connectivity index (χ4n) is 1.68. The monoisotopic (exact) mass is 323 g/mol. The van der Waals surface area contributed by atoms with Gasteiger partial charge in [0.25, 0.3) is 5.91 Å². The number of rotatable bonds is 4. The summed E-state index contributed by atoms with van der Waals surface area (Å²) in [4.78, 5) is 12.0. The molecule has 0 saturated heterocycles. The lowest BCUT2D eigenvalue weighted by molar-refractivity contribution is 0.0949. The molecule has 0 aliphatic rings. The van der Waals surface area contributed by atoms with Gasteiger partial charge in [0.2, 0.25) is 0 Å². The number of halogens is 1. The zero-order valence-electron chi connectivity index (χ0n) is 10.4. The first kappa shape index (κ1) is 13.5. The van der Waals surface area contributed by atoms with Gasteiger partial charge in [0.1, 0.15) is 6.33 Å². The van der Waals surface area contributed by atoms with Crippen LogP contribution in [-0.4, -0.2) is 20.7 Å². The Labute approximate surface area is 119 Å². The predicted octanol–water partition coefficient (Wildman–Crippen LogP) is 1.57. The molecule has 19 heavy (non-hydrogen) atoms. The summed E-state index contributed by atoms with van der Waals surface area (Å²) in [6, 6.07) is 5.09. The van der Waals surface area contributed by atoms with Crippen LogP contribution in [0.2, 0.25) is 0 Å². The van der Waals surface area contributed by atoms with Gasteiger partial charge in [-0.2, -0.15) is 0 Å². The molecule has 2 aromatic rings. The Kier molecular flexibility index (Phi) is 4.16. The van der Waals surface area contributed by atoms with Crippen LogP contribution in [0.25, 0.3) is 0 Å². The second-order valence-corrected chi connectivity index (χ2v) is 4.90. The van der Waals surface area contributed by atoms with Gasteiger partial charge < -0.3 is 15.6 Å². The highest BCUT2D eigenvalue weighted by Crippen LogP contribution is 2.17. The quantitative estimate of drug-likeness (QED) is 0.836. The largest absolute Gasteiger partial charge is 0.399 e. The number of hydrogen-bond donors (Lipinski definition) is 2. The van der Waals surface area contributed by atoms with Crippen LogP contribution in [0.3, 0.4) is 0 Å². The lowest BCUT2D eigenvalue weighted by atomic mass is 10.2. The van der Waals surface area contributed by atoms with Crippen molar-refractivity contribution < 1.29 is 4.79 Å². The van der Waals surface area contributed by atoms with Crippen LogP contribution in [0.1, 0.15) is 23.1 Å². The number of anilines is 1. The second kappa shape index (κ2) is 5.83. The summed E-state index contributed by atoms with van der Waals surface area (Å²) in [6.07, 6.45) is 1.64. The van der Waals surface area contributed by atoms with E-state index in [1.54, 1.807) is 24.5 Å². The van der Waals surface area contributed by atoms with Crippen LogP contribution in [0, 0.1) is 0 Å². The Morgan fingerprint density at radius 3 is 2.95 bits per heavy atom. The second-order valence-electron chi connectivity index (χ2n) is 3.99. The maximum absolute atomic E-state index is 12.0. The standard InChI is InChI=1S/C12H14BrN5O/c1-2-18-7-16-17-11(18)6-15-12(19)8-3-9(13)5-10(14)4-8/h3-5,7H,2,6,14H2,1H3,(H,15,19). The van der Waals surface area contributed by atoms with E-state index in [4.69, 9.17) is 5.73 Å². The smallest absolute Gasteiger partial charge is 0.251 e. The van der Waals surface area contributed by atoms with Crippen molar-refractivity contribution in [2.45, 2.75) is 20.0 Å². The molecule has 0 fully saturated rings. The number of hydrogen-bond acceptors (Lipinski definition) is 4. The first-order chi connectivity index (χ1) is 9.10. The van der Waals surface area contributed by atoms with E-state index in [0.29, 0.717) is 17.8 Å². The van der Waals surface area contributed by atoms with Gasteiger partial charge in [-0.05, 0) is 25.1 Å². The van der Waals surface area contributed by atoms with Crippen LogP contribution in [0.5, 0.6) is 0 Å². The lowest BCUT2D eigenvalue weighted by Crippen LogP contribution is -2.24. The Bertz CT molecular complexity index is 575. The van der Waals surface area contributed by atoms with E-state index in [0.717, 1.165) is 16.8 Å². The van der Waals surface area contributed by atoms with Gasteiger partial charge in [0, 0.05) is 22.3 Å². The minimum Gasteiger partial charge on any atom is -0.399 e. The van der Waals surface area contributed by atoms with E-state index in [2.05, 4.69) is 31.4 Å². The Morgan fingerprint density at radius 1 is 1.47 bits per heavy atom. The zero-order valence-corrected chi connectivity index (χ0v) is 12.0. The van der Waals surface area contributed by atoms with Gasteiger partial charge in [-0.25, -0.2) is 0 Å². The lowest BCUT2D eigenvalue weighted by Gasteiger charge is -2.07. The molecule has 0 atom stereocenters. The number of aromatic nitrogens is 3. The Hall–Kier alpha value is -1.89. The van der Waals surface area contributed by atoms with Crippen LogP contribution in [-0.2, 0) is 13.1 Å². The number of nitrogen functional groups attached to an aromatic ring is 1. The van der Waals surface area contributed by atoms with Gasteiger partial charge in [0.05, 0.1) is 6.54 Å². The summed E-state index contributed by atoms with van der Waals surface area (Å²) in [5.74, 6) is 0.525. The summed E-state index contributed by atoms with van der Waals surface area (Å²) in [6.45, 7) is 3.09. The minimum atomic E-state index is -0.196. The SMILES string of the molecule is CCn1cnnc1CNC(=O)c1cc(N)cc(Br)c1. The third-order valence-corrected chi connectivity index (χ3v) is 3.08. The summed E-state index contributed by atoms with van der Waals surface area (Å²) in [5, 5.41) is 10.5.